The minimum Gasteiger partial charge on any atom is -0.482 e. The van der Waals surface area contributed by atoms with Crippen LogP contribution < -0.4 is 4.74 Å². The molecule has 0 N–H and O–H groups in total. The van der Waals surface area contributed by atoms with Gasteiger partial charge in [-0.05, 0) is 74.4 Å². The number of hydrogen-bond acceptors (Lipinski definition) is 4. The minimum absolute atomic E-state index is 0.0935. The zero-order chi connectivity index (χ0) is 17.5. The Morgan fingerprint density at radius 3 is 2.54 bits per heavy atom. The SMILES string of the molecule is Cc1cc(N=Cc2ccc(OCC(=O)OC(C)C)cc2)ccc1Br. The van der Waals surface area contributed by atoms with Gasteiger partial charge >= 0.3 is 5.97 Å². The van der Waals surface area contributed by atoms with Crippen LogP contribution in [0.25, 0.3) is 0 Å². The number of aliphatic imine (C=N–C) groups is 1. The lowest BCUT2D eigenvalue weighted by molar-refractivity contribution is -0.149. The quantitative estimate of drug-likeness (QED) is 0.524. The van der Waals surface area contributed by atoms with Gasteiger partial charge in [-0.1, -0.05) is 15.9 Å². The maximum absolute atomic E-state index is 11.4. The summed E-state index contributed by atoms with van der Waals surface area (Å²) in [7, 11) is 0. The molecule has 0 bridgehead atoms. The normalized spacial score (nSPS) is 11.0. The molecule has 24 heavy (non-hydrogen) atoms. The summed E-state index contributed by atoms with van der Waals surface area (Å²) in [6, 6.07) is 13.3. The van der Waals surface area contributed by atoms with E-state index in [1.807, 2.05) is 37.3 Å². The van der Waals surface area contributed by atoms with Crippen LogP contribution in [0.1, 0.15) is 25.0 Å². The van der Waals surface area contributed by atoms with E-state index in [4.69, 9.17) is 9.47 Å². The topological polar surface area (TPSA) is 47.9 Å². The van der Waals surface area contributed by atoms with Crippen LogP contribution in [0.3, 0.4) is 0 Å². The fourth-order valence-electron chi connectivity index (χ4n) is 1.95. The fraction of sp³-hybridized carbons (Fsp3) is 0.263. The number of nitrogens with zero attached hydrogens (tertiary/aromatic N) is 1. The summed E-state index contributed by atoms with van der Waals surface area (Å²) in [5.41, 5.74) is 2.99. The van der Waals surface area contributed by atoms with Gasteiger partial charge in [0, 0.05) is 10.7 Å². The van der Waals surface area contributed by atoms with E-state index < -0.39 is 0 Å². The number of benzene rings is 2. The van der Waals surface area contributed by atoms with E-state index in [2.05, 4.69) is 20.9 Å². The molecule has 0 atom stereocenters. The summed E-state index contributed by atoms with van der Waals surface area (Å²) < 4.78 is 11.5. The molecule has 0 spiro atoms. The second-order valence-electron chi connectivity index (χ2n) is 5.59. The average Bonchev–Trinajstić information content (AvgIpc) is 2.54. The highest BCUT2D eigenvalue weighted by Crippen LogP contribution is 2.22. The van der Waals surface area contributed by atoms with Crippen molar-refractivity contribution in [3.05, 3.63) is 58.1 Å². The van der Waals surface area contributed by atoms with Gasteiger partial charge in [0.15, 0.2) is 6.61 Å². The van der Waals surface area contributed by atoms with Gasteiger partial charge in [0.25, 0.3) is 0 Å². The number of halogens is 1. The molecule has 2 rings (SSSR count). The molecule has 126 valence electrons. The predicted molar refractivity (Wildman–Crippen MR) is 99.3 cm³/mol. The van der Waals surface area contributed by atoms with Crippen LogP contribution in [0.4, 0.5) is 5.69 Å². The number of carbonyl (C=O) groups is 1. The summed E-state index contributed by atoms with van der Waals surface area (Å²) in [6.07, 6.45) is 1.65. The zero-order valence-corrected chi connectivity index (χ0v) is 15.5. The molecule has 0 radical (unpaired) electrons. The Labute approximate surface area is 150 Å². The second-order valence-corrected chi connectivity index (χ2v) is 6.44. The zero-order valence-electron chi connectivity index (χ0n) is 14.0. The molecular weight excluding hydrogens is 370 g/mol. The van der Waals surface area contributed by atoms with Gasteiger partial charge in [-0.3, -0.25) is 4.99 Å². The van der Waals surface area contributed by atoms with Crippen molar-refractivity contribution in [3.63, 3.8) is 0 Å². The van der Waals surface area contributed by atoms with Gasteiger partial charge in [0.05, 0.1) is 11.8 Å². The first-order chi connectivity index (χ1) is 11.4. The molecule has 0 saturated carbocycles. The molecule has 0 aliphatic heterocycles. The Hall–Kier alpha value is -2.14. The van der Waals surface area contributed by atoms with E-state index in [-0.39, 0.29) is 18.7 Å². The van der Waals surface area contributed by atoms with Crippen LogP contribution in [-0.2, 0) is 9.53 Å². The highest BCUT2D eigenvalue weighted by molar-refractivity contribution is 9.10. The molecule has 0 heterocycles. The maximum Gasteiger partial charge on any atom is 0.344 e. The highest BCUT2D eigenvalue weighted by atomic mass is 79.9. The van der Waals surface area contributed by atoms with Crippen molar-refractivity contribution < 1.29 is 14.3 Å². The van der Waals surface area contributed by atoms with Gasteiger partial charge < -0.3 is 9.47 Å². The van der Waals surface area contributed by atoms with E-state index in [1.54, 1.807) is 32.2 Å². The number of aryl methyl sites for hydroxylation is 1. The summed E-state index contributed by atoms with van der Waals surface area (Å²) in [4.78, 5) is 15.9. The number of hydrogen-bond donors (Lipinski definition) is 0. The van der Waals surface area contributed by atoms with E-state index in [9.17, 15) is 4.79 Å². The lowest BCUT2D eigenvalue weighted by Gasteiger charge is -2.09. The molecule has 0 saturated heterocycles. The van der Waals surface area contributed by atoms with Crippen molar-refractivity contribution in [3.8, 4) is 5.75 Å². The Morgan fingerprint density at radius 2 is 1.92 bits per heavy atom. The number of esters is 1. The summed E-state index contributed by atoms with van der Waals surface area (Å²) in [5.74, 6) is 0.244. The minimum atomic E-state index is -0.374. The third-order valence-corrected chi connectivity index (χ3v) is 4.00. The maximum atomic E-state index is 11.4. The molecule has 0 aromatic heterocycles. The summed E-state index contributed by atoms with van der Waals surface area (Å²) >= 11 is 3.47. The van der Waals surface area contributed by atoms with Crippen molar-refractivity contribution >= 4 is 33.8 Å². The van der Waals surface area contributed by atoms with Crippen LogP contribution >= 0.6 is 15.9 Å². The van der Waals surface area contributed by atoms with Crippen LogP contribution in [0.5, 0.6) is 5.75 Å². The van der Waals surface area contributed by atoms with E-state index in [1.165, 1.54) is 0 Å². The van der Waals surface area contributed by atoms with E-state index in [0.717, 1.165) is 21.3 Å². The number of carbonyl (C=O) groups excluding carboxylic acids is 1. The van der Waals surface area contributed by atoms with Gasteiger partial charge in [-0.15, -0.1) is 0 Å². The lowest BCUT2D eigenvalue weighted by atomic mass is 10.2. The largest absolute Gasteiger partial charge is 0.482 e. The molecule has 2 aromatic carbocycles. The summed E-state index contributed by atoms with van der Waals surface area (Å²) in [6.45, 7) is 5.54. The fourth-order valence-corrected chi connectivity index (χ4v) is 2.19. The molecule has 0 amide bonds. The molecule has 0 aliphatic rings. The highest BCUT2D eigenvalue weighted by Gasteiger charge is 2.06. The number of rotatable bonds is 6. The predicted octanol–water partition coefficient (Wildman–Crippen LogP) is 4.84. The Balaban J connectivity index is 1.93. The van der Waals surface area contributed by atoms with Crippen LogP contribution in [-0.4, -0.2) is 24.9 Å². The molecule has 0 fully saturated rings. The van der Waals surface area contributed by atoms with Crippen molar-refractivity contribution in [1.82, 2.24) is 0 Å². The molecule has 5 heteroatoms. The first-order valence-electron chi connectivity index (χ1n) is 7.66. The first-order valence-corrected chi connectivity index (χ1v) is 8.46. The molecular formula is C19H20BrNO3. The third kappa shape index (κ3) is 5.81. The standard InChI is InChI=1S/C19H20BrNO3/c1-13(2)24-19(22)12-23-17-7-4-15(5-8-17)11-21-16-6-9-18(20)14(3)10-16/h4-11,13H,12H2,1-3H3. The van der Waals surface area contributed by atoms with Crippen molar-refractivity contribution in [2.75, 3.05) is 6.61 Å². The van der Waals surface area contributed by atoms with Crippen molar-refractivity contribution in [1.29, 1.82) is 0 Å². The van der Waals surface area contributed by atoms with E-state index in [0.29, 0.717) is 5.75 Å². The van der Waals surface area contributed by atoms with Crippen molar-refractivity contribution in [2.45, 2.75) is 26.9 Å². The van der Waals surface area contributed by atoms with Gasteiger partial charge in [-0.25, -0.2) is 4.79 Å². The van der Waals surface area contributed by atoms with Crippen LogP contribution in [0.15, 0.2) is 51.9 Å². The van der Waals surface area contributed by atoms with E-state index >= 15 is 0 Å². The van der Waals surface area contributed by atoms with Crippen molar-refractivity contribution in [2.24, 2.45) is 4.99 Å². The Morgan fingerprint density at radius 1 is 1.21 bits per heavy atom. The monoisotopic (exact) mass is 389 g/mol. The Kier molecular flexibility index (Phi) is 6.55. The number of ether oxygens (including phenoxy) is 2. The molecule has 2 aromatic rings. The molecule has 4 nitrogen and oxygen atoms in total. The lowest BCUT2D eigenvalue weighted by Crippen LogP contribution is -2.18. The first kappa shape index (κ1) is 18.2. The molecule has 0 aliphatic carbocycles. The smallest absolute Gasteiger partial charge is 0.344 e. The average molecular weight is 390 g/mol. The third-order valence-electron chi connectivity index (χ3n) is 3.11. The second kappa shape index (κ2) is 8.64. The summed E-state index contributed by atoms with van der Waals surface area (Å²) in [5, 5.41) is 0. The van der Waals surface area contributed by atoms with Gasteiger partial charge in [0.1, 0.15) is 5.75 Å². The van der Waals surface area contributed by atoms with Gasteiger partial charge in [0.2, 0.25) is 0 Å². The molecule has 0 unspecified atom stereocenters. The Bertz CT molecular complexity index is 724. The van der Waals surface area contributed by atoms with Crippen LogP contribution in [0, 0.1) is 6.92 Å². The van der Waals surface area contributed by atoms with Gasteiger partial charge in [-0.2, -0.15) is 0 Å². The van der Waals surface area contributed by atoms with Crippen LogP contribution in [0.2, 0.25) is 0 Å².